The Kier molecular flexibility index (Phi) is 49.9. The highest BCUT2D eigenvalue weighted by molar-refractivity contribution is 7.47. The van der Waals surface area contributed by atoms with Gasteiger partial charge in [0.25, 0.3) is 0 Å². The number of nitrogens with zero attached hydrogens (tertiary/aromatic N) is 1. The van der Waals surface area contributed by atoms with E-state index in [1.54, 1.807) is 0 Å². The number of allylic oxidation sites excluding steroid dienone is 10. The Morgan fingerprint density at radius 1 is 0.457 bits per heavy atom. The zero-order valence-electron chi connectivity index (χ0n) is 46.2. The quantitative estimate of drug-likeness (QED) is 0.0211. The highest BCUT2D eigenvalue weighted by Gasteiger charge is 2.27. The first-order valence-electron chi connectivity index (χ1n) is 29.0. The maximum atomic E-state index is 12.8. The van der Waals surface area contributed by atoms with Gasteiger partial charge in [0.15, 0.2) is 6.10 Å². The van der Waals surface area contributed by atoms with E-state index in [0.29, 0.717) is 17.4 Å². The fraction of sp³-hybridized carbons (Fsp3) is 0.800. The van der Waals surface area contributed by atoms with Crippen LogP contribution in [0.1, 0.15) is 258 Å². The van der Waals surface area contributed by atoms with Gasteiger partial charge in [-0.05, 0) is 77.0 Å². The minimum Gasteiger partial charge on any atom is -0.462 e. The number of unbranched alkanes of at least 4 members (excludes halogenated alkanes) is 29. The summed E-state index contributed by atoms with van der Waals surface area (Å²) >= 11 is 0. The van der Waals surface area contributed by atoms with Crippen LogP contribution in [0.4, 0.5) is 0 Å². The lowest BCUT2D eigenvalue weighted by Gasteiger charge is -2.24. The van der Waals surface area contributed by atoms with Gasteiger partial charge < -0.3 is 18.9 Å². The van der Waals surface area contributed by atoms with E-state index < -0.39 is 26.5 Å². The van der Waals surface area contributed by atoms with Gasteiger partial charge >= 0.3 is 19.8 Å². The molecule has 2 unspecified atom stereocenters. The number of quaternary nitrogens is 1. The molecule has 9 nitrogen and oxygen atoms in total. The Morgan fingerprint density at radius 2 is 0.814 bits per heavy atom. The zero-order valence-corrected chi connectivity index (χ0v) is 47.1. The number of phosphoric acid groups is 1. The highest BCUT2D eigenvalue weighted by Crippen LogP contribution is 2.43. The number of rotatable bonds is 53. The molecule has 0 aliphatic carbocycles. The Bertz CT molecular complexity index is 1370. The molecule has 0 aromatic rings. The van der Waals surface area contributed by atoms with Crippen LogP contribution >= 0.6 is 7.82 Å². The van der Waals surface area contributed by atoms with E-state index in [9.17, 15) is 19.0 Å². The van der Waals surface area contributed by atoms with Gasteiger partial charge in [-0.1, -0.05) is 229 Å². The van der Waals surface area contributed by atoms with Crippen LogP contribution in [0.25, 0.3) is 0 Å². The van der Waals surface area contributed by atoms with Crippen LogP contribution in [0.2, 0.25) is 0 Å². The first-order valence-corrected chi connectivity index (χ1v) is 30.5. The largest absolute Gasteiger partial charge is 0.472 e. The molecule has 0 amide bonds. The van der Waals surface area contributed by atoms with Crippen molar-refractivity contribution in [3.05, 3.63) is 60.8 Å². The number of hydrogen-bond donors (Lipinski definition) is 1. The maximum Gasteiger partial charge on any atom is 0.472 e. The van der Waals surface area contributed by atoms with Crippen molar-refractivity contribution in [2.24, 2.45) is 0 Å². The van der Waals surface area contributed by atoms with E-state index in [0.717, 1.165) is 83.5 Å². The second-order valence-electron chi connectivity index (χ2n) is 20.6. The van der Waals surface area contributed by atoms with Gasteiger partial charge in [-0.2, -0.15) is 0 Å². The maximum absolute atomic E-state index is 12.8. The van der Waals surface area contributed by atoms with Gasteiger partial charge in [0.2, 0.25) is 0 Å². The van der Waals surface area contributed by atoms with Crippen molar-refractivity contribution < 1.29 is 42.1 Å². The number of carbonyl (C=O) groups is 2. The van der Waals surface area contributed by atoms with E-state index in [4.69, 9.17) is 18.5 Å². The van der Waals surface area contributed by atoms with Crippen LogP contribution in [-0.4, -0.2) is 74.9 Å². The normalized spacial score (nSPS) is 13.7. The molecule has 408 valence electrons. The fourth-order valence-electron chi connectivity index (χ4n) is 8.06. The SMILES string of the molecule is CC/C=C\C/C=C\C/C=C\C/C=C\CCCCCCCCC(=O)OC(COC(=O)CCCCCCCCCCCCCCCCC/C=C\CCCCCCCCCC)COP(=O)(O)OCC[N+](C)(C)C. The molecule has 0 aromatic heterocycles. The van der Waals surface area contributed by atoms with Crippen molar-refractivity contribution >= 4 is 19.8 Å². The first kappa shape index (κ1) is 67.7. The van der Waals surface area contributed by atoms with Crippen molar-refractivity contribution in [3.63, 3.8) is 0 Å². The summed E-state index contributed by atoms with van der Waals surface area (Å²) < 4.78 is 34.5. The average molecular weight is 1010 g/mol. The van der Waals surface area contributed by atoms with E-state index >= 15 is 0 Å². The molecule has 0 fully saturated rings. The topological polar surface area (TPSA) is 108 Å². The van der Waals surface area contributed by atoms with Crippen LogP contribution in [0.5, 0.6) is 0 Å². The molecule has 10 heteroatoms. The Morgan fingerprint density at radius 3 is 1.23 bits per heavy atom. The third-order valence-corrected chi connectivity index (χ3v) is 13.5. The van der Waals surface area contributed by atoms with E-state index in [-0.39, 0.29) is 32.0 Å². The molecule has 0 radical (unpaired) electrons. The molecule has 0 aromatic carbocycles. The van der Waals surface area contributed by atoms with Crippen LogP contribution in [0.3, 0.4) is 0 Å². The minimum absolute atomic E-state index is 0.0273. The molecule has 70 heavy (non-hydrogen) atoms. The second kappa shape index (κ2) is 51.6. The lowest BCUT2D eigenvalue weighted by Crippen LogP contribution is -2.37. The third kappa shape index (κ3) is 55.0. The minimum atomic E-state index is -4.39. The summed E-state index contributed by atoms with van der Waals surface area (Å²) in [4.78, 5) is 35.7. The number of esters is 2. The van der Waals surface area contributed by atoms with Crippen molar-refractivity contribution in [3.8, 4) is 0 Å². The van der Waals surface area contributed by atoms with Gasteiger partial charge in [0.05, 0.1) is 27.7 Å². The zero-order chi connectivity index (χ0) is 51.3. The van der Waals surface area contributed by atoms with Crippen molar-refractivity contribution in [2.45, 2.75) is 264 Å². The molecule has 0 saturated heterocycles. The van der Waals surface area contributed by atoms with E-state index in [1.807, 2.05) is 21.1 Å². The predicted octanol–water partition coefficient (Wildman–Crippen LogP) is 17.9. The highest BCUT2D eigenvalue weighted by atomic mass is 31.2. The molecule has 2 atom stereocenters. The van der Waals surface area contributed by atoms with Crippen LogP contribution in [-0.2, 0) is 32.7 Å². The van der Waals surface area contributed by atoms with Gasteiger partial charge in [-0.25, -0.2) is 4.57 Å². The first-order chi connectivity index (χ1) is 34.0. The third-order valence-electron chi connectivity index (χ3n) is 12.5. The summed E-state index contributed by atoms with van der Waals surface area (Å²) in [5, 5.41) is 0. The molecule has 1 N–H and O–H groups in total. The summed E-state index contributed by atoms with van der Waals surface area (Å²) in [7, 11) is 1.47. The second-order valence-corrected chi connectivity index (χ2v) is 22.1. The Balaban J connectivity index is 4.14. The van der Waals surface area contributed by atoms with Crippen molar-refractivity contribution in [2.75, 3.05) is 47.5 Å². The van der Waals surface area contributed by atoms with Gasteiger partial charge in [0, 0.05) is 12.8 Å². The molecule has 0 saturated carbocycles. The summed E-state index contributed by atoms with van der Waals surface area (Å²) in [6, 6.07) is 0. The predicted molar refractivity (Wildman–Crippen MR) is 298 cm³/mol. The fourth-order valence-corrected chi connectivity index (χ4v) is 8.80. The number of carbonyl (C=O) groups excluding carboxylic acids is 2. The Hall–Kier alpha value is -2.29. The lowest BCUT2D eigenvalue weighted by atomic mass is 10.0. The van der Waals surface area contributed by atoms with E-state index in [2.05, 4.69) is 74.6 Å². The van der Waals surface area contributed by atoms with Crippen molar-refractivity contribution in [1.29, 1.82) is 0 Å². The summed E-state index contributed by atoms with van der Waals surface area (Å²) in [6.07, 6.45) is 65.8. The van der Waals surface area contributed by atoms with Crippen LogP contribution < -0.4 is 0 Å². The molecular formula is C60H111NO8P+. The molecule has 0 heterocycles. The van der Waals surface area contributed by atoms with Gasteiger partial charge in [0.1, 0.15) is 19.8 Å². The summed E-state index contributed by atoms with van der Waals surface area (Å²) in [5.41, 5.74) is 0. The van der Waals surface area contributed by atoms with Gasteiger partial charge in [-0.15, -0.1) is 0 Å². The van der Waals surface area contributed by atoms with Crippen LogP contribution in [0.15, 0.2) is 60.8 Å². The standard InChI is InChI=1S/C60H110NO8P/c1-6-8-10-12-14-16-18-20-22-24-26-27-28-29-30-31-32-33-35-36-38-40-42-44-46-48-50-52-59(62)66-56-58(57-68-70(64,65)67-55-54-61(3,4)5)69-60(63)53-51-49-47-45-43-41-39-37-34-25-23-21-19-17-15-13-11-9-7-2/h9,11,15,17,21,23-24,26,34,37,58H,6-8,10,12-14,16,18-20,22,25,27-33,35-36,38-57H2,1-5H3/p+1/b11-9-,17-15-,23-21-,26-24-,37-34-. The average Bonchev–Trinajstić information content (AvgIpc) is 3.32. The monoisotopic (exact) mass is 1000 g/mol. The number of likely N-dealkylation sites (N-methyl/N-ethyl adjacent to an activating group) is 1. The molecule has 0 spiro atoms. The number of phosphoric ester groups is 1. The summed E-state index contributed by atoms with van der Waals surface area (Å²) in [6.45, 7) is 4.32. The van der Waals surface area contributed by atoms with E-state index in [1.165, 1.54) is 141 Å². The van der Waals surface area contributed by atoms with Crippen molar-refractivity contribution in [1.82, 2.24) is 0 Å². The molecule has 0 rings (SSSR count). The number of hydrogen-bond acceptors (Lipinski definition) is 7. The van der Waals surface area contributed by atoms with Gasteiger partial charge in [-0.3, -0.25) is 18.6 Å². The molecule has 0 bridgehead atoms. The number of ether oxygens (including phenoxy) is 2. The smallest absolute Gasteiger partial charge is 0.462 e. The Labute approximate surface area is 432 Å². The molecule has 0 aliphatic rings. The van der Waals surface area contributed by atoms with Crippen LogP contribution in [0, 0.1) is 0 Å². The molecule has 0 aliphatic heterocycles. The molecular weight excluding hydrogens is 894 g/mol. The summed E-state index contributed by atoms with van der Waals surface area (Å²) in [5.74, 6) is -0.808. The lowest BCUT2D eigenvalue weighted by molar-refractivity contribution is -0.870.